The summed E-state index contributed by atoms with van der Waals surface area (Å²) in [6, 6.07) is 15.2. The van der Waals surface area contributed by atoms with Crippen molar-refractivity contribution in [3.63, 3.8) is 0 Å². The summed E-state index contributed by atoms with van der Waals surface area (Å²) < 4.78 is 0. The van der Waals surface area contributed by atoms with E-state index in [1.807, 2.05) is 29.3 Å². The first-order chi connectivity index (χ1) is 14.2. The summed E-state index contributed by atoms with van der Waals surface area (Å²) in [5.41, 5.74) is 3.42. The van der Waals surface area contributed by atoms with Gasteiger partial charge in [-0.3, -0.25) is 9.59 Å². The molecule has 0 aliphatic carbocycles. The minimum Gasteiger partial charge on any atom is -0.361 e. The van der Waals surface area contributed by atoms with Crippen LogP contribution in [0.2, 0.25) is 0 Å². The highest BCUT2D eigenvalue weighted by atomic mass is 16.2. The molecule has 1 fully saturated rings. The summed E-state index contributed by atoms with van der Waals surface area (Å²) in [7, 11) is 0. The Morgan fingerprint density at radius 2 is 1.69 bits per heavy atom. The van der Waals surface area contributed by atoms with Gasteiger partial charge in [0.2, 0.25) is 0 Å². The van der Waals surface area contributed by atoms with Crippen LogP contribution in [0.3, 0.4) is 0 Å². The molecule has 5 nitrogen and oxygen atoms in total. The van der Waals surface area contributed by atoms with E-state index < -0.39 is 0 Å². The summed E-state index contributed by atoms with van der Waals surface area (Å²) >= 11 is 0. The maximum atomic E-state index is 12.8. The molecular weight excluding hydrogens is 362 g/mol. The fourth-order valence-corrected chi connectivity index (χ4v) is 4.00. The van der Waals surface area contributed by atoms with Crippen LogP contribution in [0.25, 0.3) is 10.9 Å². The van der Waals surface area contributed by atoms with Crippen LogP contribution in [0.4, 0.5) is 0 Å². The molecule has 1 saturated heterocycles. The van der Waals surface area contributed by atoms with Crippen molar-refractivity contribution in [3.05, 3.63) is 71.4 Å². The van der Waals surface area contributed by atoms with Crippen molar-refractivity contribution in [3.8, 4) is 0 Å². The lowest BCUT2D eigenvalue weighted by molar-refractivity contribution is 0.0761. The minimum absolute atomic E-state index is 0.0281. The Morgan fingerprint density at radius 1 is 0.931 bits per heavy atom. The molecule has 5 heteroatoms. The van der Waals surface area contributed by atoms with Crippen LogP contribution in [0.1, 0.15) is 52.0 Å². The maximum Gasteiger partial charge on any atom is 0.253 e. The molecule has 0 bridgehead atoms. The third-order valence-corrected chi connectivity index (χ3v) is 5.62. The molecule has 4 rings (SSSR count). The molecule has 2 heterocycles. The van der Waals surface area contributed by atoms with Gasteiger partial charge in [-0.15, -0.1) is 0 Å². The monoisotopic (exact) mass is 389 g/mol. The number of fused-ring (bicyclic) bond motifs is 1. The number of aromatic amines is 1. The molecule has 0 atom stereocenters. The molecule has 1 aromatic heterocycles. The molecular formula is C24H27N3O2. The van der Waals surface area contributed by atoms with E-state index in [4.69, 9.17) is 0 Å². The number of carbonyl (C=O) groups is 2. The average molecular weight is 389 g/mol. The molecule has 1 aliphatic heterocycles. The smallest absolute Gasteiger partial charge is 0.253 e. The van der Waals surface area contributed by atoms with Gasteiger partial charge in [0.15, 0.2) is 0 Å². The van der Waals surface area contributed by atoms with Gasteiger partial charge < -0.3 is 15.2 Å². The van der Waals surface area contributed by atoms with Gasteiger partial charge in [-0.25, -0.2) is 0 Å². The highest BCUT2D eigenvalue weighted by Crippen LogP contribution is 2.18. The average Bonchev–Trinajstić information content (AvgIpc) is 2.97. The van der Waals surface area contributed by atoms with Gasteiger partial charge in [-0.05, 0) is 49.1 Å². The largest absolute Gasteiger partial charge is 0.361 e. The Hall–Kier alpha value is -3.08. The second-order valence-corrected chi connectivity index (χ2v) is 7.65. The number of nitrogens with one attached hydrogen (secondary N) is 2. The van der Waals surface area contributed by atoms with Gasteiger partial charge in [0.1, 0.15) is 0 Å². The Bertz CT molecular complexity index is 1000. The van der Waals surface area contributed by atoms with E-state index in [1.165, 1.54) is 23.8 Å². The molecule has 2 N–H and O–H groups in total. The number of para-hydroxylation sites is 1. The van der Waals surface area contributed by atoms with Gasteiger partial charge >= 0.3 is 0 Å². The first-order valence-electron chi connectivity index (χ1n) is 10.4. The van der Waals surface area contributed by atoms with E-state index in [0.29, 0.717) is 17.7 Å². The Balaban J connectivity index is 1.37. The predicted octanol–water partition coefficient (Wildman–Crippen LogP) is 4.16. The summed E-state index contributed by atoms with van der Waals surface area (Å²) in [5, 5.41) is 4.17. The Labute approximate surface area is 171 Å². The number of hydrogen-bond acceptors (Lipinski definition) is 2. The van der Waals surface area contributed by atoms with Crippen molar-refractivity contribution in [1.29, 1.82) is 0 Å². The van der Waals surface area contributed by atoms with E-state index in [-0.39, 0.29) is 11.8 Å². The summed E-state index contributed by atoms with van der Waals surface area (Å²) in [6.07, 6.45) is 7.23. The Morgan fingerprint density at radius 3 is 2.52 bits per heavy atom. The summed E-state index contributed by atoms with van der Waals surface area (Å²) in [4.78, 5) is 30.6. The number of aromatic nitrogens is 1. The van der Waals surface area contributed by atoms with E-state index in [0.717, 1.165) is 37.9 Å². The van der Waals surface area contributed by atoms with Crippen LogP contribution < -0.4 is 5.32 Å². The first-order valence-corrected chi connectivity index (χ1v) is 10.4. The molecule has 1 aliphatic rings. The lowest BCUT2D eigenvalue weighted by Crippen LogP contribution is -2.32. The standard InChI is InChI=1S/C24H27N3O2/c28-23(25-13-12-20-17-26-22-11-4-3-10-21(20)22)18-8-7-9-19(16-18)24(29)27-14-5-1-2-6-15-27/h3-4,7-11,16-17,26H,1-2,5-6,12-15H2,(H,25,28). The number of amides is 2. The first kappa shape index (κ1) is 19.2. The fourth-order valence-electron chi connectivity index (χ4n) is 4.00. The van der Waals surface area contributed by atoms with E-state index in [1.54, 1.807) is 24.3 Å². The number of nitrogens with zero attached hydrogens (tertiary/aromatic N) is 1. The van der Waals surface area contributed by atoms with Crippen LogP contribution in [0.15, 0.2) is 54.7 Å². The molecule has 0 radical (unpaired) electrons. The van der Waals surface area contributed by atoms with E-state index in [9.17, 15) is 9.59 Å². The lowest BCUT2D eigenvalue weighted by atomic mass is 10.1. The van der Waals surface area contributed by atoms with Crippen molar-refractivity contribution in [2.75, 3.05) is 19.6 Å². The zero-order chi connectivity index (χ0) is 20.1. The van der Waals surface area contributed by atoms with Gasteiger partial charge in [0, 0.05) is 47.9 Å². The van der Waals surface area contributed by atoms with Gasteiger partial charge in [0.25, 0.3) is 11.8 Å². The highest BCUT2D eigenvalue weighted by molar-refractivity contribution is 5.99. The molecule has 29 heavy (non-hydrogen) atoms. The molecule has 150 valence electrons. The number of benzene rings is 2. The second kappa shape index (κ2) is 8.95. The quantitative estimate of drug-likeness (QED) is 0.688. The molecule has 3 aromatic rings. The molecule has 2 aromatic carbocycles. The van der Waals surface area contributed by atoms with Crippen LogP contribution in [0, 0.1) is 0 Å². The van der Waals surface area contributed by atoms with Gasteiger partial charge in [-0.2, -0.15) is 0 Å². The molecule has 0 spiro atoms. The third-order valence-electron chi connectivity index (χ3n) is 5.62. The molecule has 0 saturated carbocycles. The normalized spacial score (nSPS) is 14.6. The number of H-pyrrole nitrogens is 1. The maximum absolute atomic E-state index is 12.8. The second-order valence-electron chi connectivity index (χ2n) is 7.65. The molecule has 2 amide bonds. The van der Waals surface area contributed by atoms with Crippen molar-refractivity contribution in [1.82, 2.24) is 15.2 Å². The van der Waals surface area contributed by atoms with Crippen molar-refractivity contribution in [2.45, 2.75) is 32.1 Å². The zero-order valence-corrected chi connectivity index (χ0v) is 16.6. The topological polar surface area (TPSA) is 65.2 Å². The zero-order valence-electron chi connectivity index (χ0n) is 16.6. The van der Waals surface area contributed by atoms with Gasteiger partial charge in [-0.1, -0.05) is 37.1 Å². The van der Waals surface area contributed by atoms with Crippen LogP contribution >= 0.6 is 0 Å². The number of hydrogen-bond donors (Lipinski definition) is 2. The summed E-state index contributed by atoms with van der Waals surface area (Å²) in [6.45, 7) is 2.16. The number of likely N-dealkylation sites (tertiary alicyclic amines) is 1. The molecule has 0 unspecified atom stereocenters. The number of rotatable bonds is 5. The van der Waals surface area contributed by atoms with E-state index >= 15 is 0 Å². The fraction of sp³-hybridized carbons (Fsp3) is 0.333. The summed E-state index contributed by atoms with van der Waals surface area (Å²) in [5.74, 6) is -0.115. The predicted molar refractivity (Wildman–Crippen MR) is 115 cm³/mol. The third kappa shape index (κ3) is 4.50. The van der Waals surface area contributed by atoms with Crippen molar-refractivity contribution in [2.24, 2.45) is 0 Å². The van der Waals surface area contributed by atoms with Crippen molar-refractivity contribution < 1.29 is 9.59 Å². The number of carbonyl (C=O) groups excluding carboxylic acids is 2. The minimum atomic E-state index is -0.143. The van der Waals surface area contributed by atoms with Crippen LogP contribution in [0.5, 0.6) is 0 Å². The van der Waals surface area contributed by atoms with Crippen molar-refractivity contribution >= 4 is 22.7 Å². The van der Waals surface area contributed by atoms with Crippen LogP contribution in [-0.4, -0.2) is 41.3 Å². The highest BCUT2D eigenvalue weighted by Gasteiger charge is 2.18. The van der Waals surface area contributed by atoms with E-state index in [2.05, 4.69) is 16.4 Å². The SMILES string of the molecule is O=C(NCCc1c[nH]c2ccccc12)c1cccc(C(=O)N2CCCCCC2)c1. The Kier molecular flexibility index (Phi) is 5.94. The lowest BCUT2D eigenvalue weighted by Gasteiger charge is -2.20. The van der Waals surface area contributed by atoms with Crippen LogP contribution in [-0.2, 0) is 6.42 Å². The van der Waals surface area contributed by atoms with Gasteiger partial charge in [0.05, 0.1) is 0 Å².